The predicted octanol–water partition coefficient (Wildman–Crippen LogP) is 1.85. The quantitative estimate of drug-likeness (QED) is 0.888. The summed E-state index contributed by atoms with van der Waals surface area (Å²) in [4.78, 5) is 29.0. The number of H-pyrrole nitrogens is 1. The molecule has 2 aromatic heterocycles. The van der Waals surface area contributed by atoms with Crippen LogP contribution in [-0.4, -0.2) is 15.9 Å². The van der Waals surface area contributed by atoms with Crippen LogP contribution in [-0.2, 0) is 0 Å². The summed E-state index contributed by atoms with van der Waals surface area (Å²) in [5.41, 5.74) is -0.105. The van der Waals surface area contributed by atoms with Crippen LogP contribution in [0.15, 0.2) is 33.0 Å². The van der Waals surface area contributed by atoms with Crippen LogP contribution in [0.2, 0.25) is 0 Å². The number of nitrogens with one attached hydrogen (secondary N) is 2. The van der Waals surface area contributed by atoms with Crippen LogP contribution in [0.1, 0.15) is 10.5 Å². The number of aromatic nitrogens is 2. The number of pyridine rings is 1. The topological polar surface area (TPSA) is 74.8 Å². The molecule has 0 radical (unpaired) electrons. The molecular weight excluding hydrogens is 294 g/mol. The Labute approximate surface area is 103 Å². The summed E-state index contributed by atoms with van der Waals surface area (Å²) in [6.45, 7) is 0. The van der Waals surface area contributed by atoms with Crippen molar-refractivity contribution in [1.82, 2.24) is 9.97 Å². The highest BCUT2D eigenvalue weighted by Crippen LogP contribution is 2.23. The van der Waals surface area contributed by atoms with Gasteiger partial charge in [-0.1, -0.05) is 17.4 Å². The number of aromatic amines is 1. The molecule has 0 aliphatic heterocycles. The lowest BCUT2D eigenvalue weighted by molar-refractivity contribution is 0.102. The van der Waals surface area contributed by atoms with E-state index in [1.54, 1.807) is 6.20 Å². The van der Waals surface area contributed by atoms with Crippen LogP contribution in [0.3, 0.4) is 0 Å². The highest BCUT2D eigenvalue weighted by atomic mass is 79.9. The van der Waals surface area contributed by atoms with Crippen molar-refractivity contribution in [3.05, 3.63) is 44.2 Å². The number of halogens is 1. The van der Waals surface area contributed by atoms with Crippen molar-refractivity contribution in [3.8, 4) is 0 Å². The number of thiazole rings is 1. The molecular formula is C9H6BrN3O2S. The molecule has 2 rings (SSSR count). The molecule has 0 fully saturated rings. The molecule has 7 heteroatoms. The van der Waals surface area contributed by atoms with E-state index in [1.165, 1.54) is 29.5 Å². The van der Waals surface area contributed by atoms with Gasteiger partial charge in [-0.2, -0.15) is 0 Å². The van der Waals surface area contributed by atoms with Gasteiger partial charge in [0, 0.05) is 6.07 Å². The lowest BCUT2D eigenvalue weighted by Gasteiger charge is -2.00. The zero-order chi connectivity index (χ0) is 11.5. The van der Waals surface area contributed by atoms with Crippen LogP contribution in [0.5, 0.6) is 0 Å². The number of carbonyl (C=O) groups excluding carboxylic acids is 1. The molecule has 1 amide bonds. The monoisotopic (exact) mass is 299 g/mol. The van der Waals surface area contributed by atoms with E-state index in [9.17, 15) is 9.59 Å². The summed E-state index contributed by atoms with van der Waals surface area (Å²) >= 11 is 4.53. The fourth-order valence-electron chi connectivity index (χ4n) is 1.06. The molecule has 0 saturated heterocycles. The van der Waals surface area contributed by atoms with E-state index in [1.807, 2.05) is 0 Å². The van der Waals surface area contributed by atoms with Crippen molar-refractivity contribution in [2.45, 2.75) is 0 Å². The van der Waals surface area contributed by atoms with Crippen molar-refractivity contribution in [1.29, 1.82) is 0 Å². The Morgan fingerprint density at radius 1 is 1.50 bits per heavy atom. The fraction of sp³-hybridized carbons (Fsp3) is 0. The predicted molar refractivity (Wildman–Crippen MR) is 64.8 cm³/mol. The summed E-state index contributed by atoms with van der Waals surface area (Å²) in [5.74, 6) is -0.389. The van der Waals surface area contributed by atoms with Crippen LogP contribution < -0.4 is 10.9 Å². The first-order valence-electron chi connectivity index (χ1n) is 4.27. The number of rotatable bonds is 2. The molecule has 2 aromatic rings. The average Bonchev–Trinajstić information content (AvgIpc) is 2.64. The first-order valence-corrected chi connectivity index (χ1v) is 5.88. The Morgan fingerprint density at radius 3 is 2.94 bits per heavy atom. The van der Waals surface area contributed by atoms with Crippen LogP contribution >= 0.6 is 27.3 Å². The van der Waals surface area contributed by atoms with E-state index in [0.717, 1.165) is 3.79 Å². The minimum absolute atomic E-state index is 0.207. The molecule has 0 atom stereocenters. The Morgan fingerprint density at radius 2 is 2.31 bits per heavy atom. The molecule has 5 nitrogen and oxygen atoms in total. The van der Waals surface area contributed by atoms with E-state index in [-0.39, 0.29) is 17.2 Å². The first-order chi connectivity index (χ1) is 7.65. The molecule has 0 aromatic carbocycles. The van der Waals surface area contributed by atoms with Crippen molar-refractivity contribution in [3.63, 3.8) is 0 Å². The Balaban J connectivity index is 2.17. The maximum absolute atomic E-state index is 11.6. The minimum Gasteiger partial charge on any atom is -0.318 e. The molecule has 0 unspecified atom stereocenters. The standard InChI is InChI=1S/C9H6BrN3O2S/c10-6-4-11-9(16-6)13-8(15)5-2-1-3-7(14)12-5/h1-4H,(H,12,14)(H,11,13,15). The second-order valence-electron chi connectivity index (χ2n) is 2.85. The second kappa shape index (κ2) is 4.58. The molecule has 2 heterocycles. The normalized spacial score (nSPS) is 10.1. The minimum atomic E-state index is -0.389. The van der Waals surface area contributed by atoms with Crippen molar-refractivity contribution in [2.24, 2.45) is 0 Å². The highest BCUT2D eigenvalue weighted by molar-refractivity contribution is 9.11. The summed E-state index contributed by atoms with van der Waals surface area (Å²) in [6.07, 6.45) is 1.59. The number of nitrogens with zero attached hydrogens (tertiary/aromatic N) is 1. The molecule has 0 aliphatic rings. The Bertz CT molecular complexity index is 578. The number of carbonyl (C=O) groups is 1. The van der Waals surface area contributed by atoms with Gasteiger partial charge in [-0.25, -0.2) is 4.98 Å². The second-order valence-corrected chi connectivity index (χ2v) is 5.26. The van der Waals surface area contributed by atoms with Crippen LogP contribution in [0, 0.1) is 0 Å². The lowest BCUT2D eigenvalue weighted by atomic mass is 10.3. The third kappa shape index (κ3) is 2.56. The SMILES string of the molecule is O=C(Nc1ncc(Br)s1)c1cccc(=O)[nH]1. The number of hydrogen-bond acceptors (Lipinski definition) is 4. The van der Waals surface area contributed by atoms with Gasteiger partial charge >= 0.3 is 0 Å². The number of amides is 1. The molecule has 82 valence electrons. The Kier molecular flexibility index (Phi) is 3.16. The summed E-state index contributed by atoms with van der Waals surface area (Å²) in [7, 11) is 0. The largest absolute Gasteiger partial charge is 0.318 e. The van der Waals surface area contributed by atoms with Gasteiger partial charge in [-0.3, -0.25) is 14.9 Å². The van der Waals surface area contributed by atoms with Crippen LogP contribution in [0.25, 0.3) is 0 Å². The summed E-state index contributed by atoms with van der Waals surface area (Å²) < 4.78 is 0.823. The zero-order valence-electron chi connectivity index (χ0n) is 7.86. The van der Waals surface area contributed by atoms with Gasteiger partial charge in [0.1, 0.15) is 5.69 Å². The van der Waals surface area contributed by atoms with Gasteiger partial charge in [0.15, 0.2) is 5.13 Å². The maximum Gasteiger partial charge on any atom is 0.273 e. The fourth-order valence-corrected chi connectivity index (χ4v) is 2.16. The third-order valence-corrected chi connectivity index (χ3v) is 3.10. The lowest BCUT2D eigenvalue weighted by Crippen LogP contribution is -2.17. The van der Waals surface area contributed by atoms with Gasteiger partial charge in [0.05, 0.1) is 9.98 Å². The van der Waals surface area contributed by atoms with Gasteiger partial charge in [0.25, 0.3) is 5.91 Å². The molecule has 16 heavy (non-hydrogen) atoms. The van der Waals surface area contributed by atoms with Crippen LogP contribution in [0.4, 0.5) is 5.13 Å². The van der Waals surface area contributed by atoms with E-state index >= 15 is 0 Å². The van der Waals surface area contributed by atoms with Gasteiger partial charge in [0.2, 0.25) is 5.56 Å². The smallest absolute Gasteiger partial charge is 0.273 e. The average molecular weight is 300 g/mol. The number of hydrogen-bond donors (Lipinski definition) is 2. The maximum atomic E-state index is 11.6. The summed E-state index contributed by atoms with van der Waals surface area (Å²) in [6, 6.07) is 4.39. The van der Waals surface area contributed by atoms with Gasteiger partial charge in [-0.15, -0.1) is 0 Å². The van der Waals surface area contributed by atoms with E-state index in [4.69, 9.17) is 0 Å². The Hall–Kier alpha value is -1.47. The van der Waals surface area contributed by atoms with Gasteiger partial charge in [-0.05, 0) is 22.0 Å². The number of anilines is 1. The van der Waals surface area contributed by atoms with Gasteiger partial charge < -0.3 is 4.98 Å². The molecule has 0 spiro atoms. The molecule has 0 aliphatic carbocycles. The van der Waals surface area contributed by atoms with E-state index < -0.39 is 0 Å². The zero-order valence-corrected chi connectivity index (χ0v) is 10.3. The molecule has 0 bridgehead atoms. The third-order valence-electron chi connectivity index (χ3n) is 1.71. The van der Waals surface area contributed by atoms with Crippen molar-refractivity contribution in [2.75, 3.05) is 5.32 Å². The molecule has 0 saturated carbocycles. The van der Waals surface area contributed by atoms with Crippen molar-refractivity contribution < 1.29 is 4.79 Å². The van der Waals surface area contributed by atoms with Crippen molar-refractivity contribution >= 4 is 38.3 Å². The first kappa shape index (κ1) is 11.0. The van der Waals surface area contributed by atoms with E-state index in [2.05, 4.69) is 31.2 Å². The molecule has 2 N–H and O–H groups in total. The van der Waals surface area contributed by atoms with E-state index in [0.29, 0.717) is 5.13 Å². The highest BCUT2D eigenvalue weighted by Gasteiger charge is 2.08. The summed E-state index contributed by atoms with van der Waals surface area (Å²) in [5, 5.41) is 3.05.